The van der Waals surface area contributed by atoms with Crippen LogP contribution >= 0.6 is 45.5 Å². The van der Waals surface area contributed by atoms with Gasteiger partial charge in [0.05, 0.1) is 42.2 Å². The van der Waals surface area contributed by atoms with Gasteiger partial charge in [-0.15, -0.1) is 0 Å². The van der Waals surface area contributed by atoms with E-state index in [4.69, 9.17) is 14.5 Å². The normalized spacial score (nSPS) is 22.8. The molecule has 0 spiro atoms. The maximum absolute atomic E-state index is 15.4. The first-order valence-corrected chi connectivity index (χ1v) is 16.4. The third-order valence-electron chi connectivity index (χ3n) is 8.34. The minimum atomic E-state index is -0.929. The lowest BCUT2D eigenvalue weighted by molar-refractivity contribution is -0.143. The number of carbonyl (C=O) groups is 1. The minimum Gasteiger partial charge on any atom is -0.480 e. The van der Waals surface area contributed by atoms with Crippen molar-refractivity contribution in [3.63, 3.8) is 0 Å². The Balaban J connectivity index is 1.14. The van der Waals surface area contributed by atoms with E-state index in [1.165, 1.54) is 5.56 Å². The van der Waals surface area contributed by atoms with Crippen LogP contribution in [0.2, 0.25) is 0 Å². The predicted octanol–water partition coefficient (Wildman–Crippen LogP) is 6.29. The van der Waals surface area contributed by atoms with E-state index in [-0.39, 0.29) is 12.0 Å². The van der Waals surface area contributed by atoms with E-state index in [0.717, 1.165) is 71.3 Å². The van der Waals surface area contributed by atoms with Crippen LogP contribution < -0.4 is 3.11 Å². The maximum Gasteiger partial charge on any atom is 0.325 e. The van der Waals surface area contributed by atoms with E-state index in [1.807, 2.05) is 23.1 Å². The molecule has 5 rings (SSSR count). The molecule has 4 heterocycles. The van der Waals surface area contributed by atoms with Crippen molar-refractivity contribution >= 4 is 57.2 Å². The molecule has 1 aromatic carbocycles. The second-order valence-corrected chi connectivity index (χ2v) is 13.6. The molecule has 0 aliphatic carbocycles. The van der Waals surface area contributed by atoms with Gasteiger partial charge in [-0.3, -0.25) is 12.8 Å². The molecule has 0 radical (unpaired) electrons. The quantitative estimate of drug-likeness (QED) is 0.154. The van der Waals surface area contributed by atoms with Gasteiger partial charge in [0.15, 0.2) is 0 Å². The number of ether oxygens (including phenoxy) is 2. The van der Waals surface area contributed by atoms with Gasteiger partial charge in [-0.1, -0.05) is 18.6 Å². The molecule has 0 saturated carbocycles. The van der Waals surface area contributed by atoms with Crippen LogP contribution in [0.25, 0.3) is 0 Å². The number of carboxylic acid groups (broad SMARTS) is 1. The predicted molar refractivity (Wildman–Crippen MR) is 170 cm³/mol. The van der Waals surface area contributed by atoms with Crippen molar-refractivity contribution in [2.45, 2.75) is 76.3 Å². The number of hydrogen-bond donors (Lipinski definition) is 1. The van der Waals surface area contributed by atoms with Crippen molar-refractivity contribution in [2.75, 3.05) is 36.0 Å². The van der Waals surface area contributed by atoms with Gasteiger partial charge in [-0.25, -0.2) is 9.37 Å². The number of halogens is 3. The van der Waals surface area contributed by atoms with Crippen molar-refractivity contribution < 1.29 is 23.8 Å². The van der Waals surface area contributed by atoms with Gasteiger partial charge in [0.25, 0.3) is 0 Å². The van der Waals surface area contributed by atoms with Gasteiger partial charge in [0, 0.05) is 34.9 Å². The Bertz CT molecular complexity index is 1170. The number of anilines is 1. The average molecular weight is 777 g/mol. The van der Waals surface area contributed by atoms with Crippen LogP contribution in [0.5, 0.6) is 0 Å². The average Bonchev–Trinajstić information content (AvgIpc) is 3.64. The highest BCUT2D eigenvalue weighted by Gasteiger charge is 2.37. The molecule has 40 heavy (non-hydrogen) atoms. The van der Waals surface area contributed by atoms with Crippen LogP contribution in [0, 0.1) is 9.49 Å². The van der Waals surface area contributed by atoms with E-state index >= 15 is 4.39 Å². The fourth-order valence-corrected chi connectivity index (χ4v) is 7.37. The molecule has 1 aromatic heterocycles. The zero-order chi connectivity index (χ0) is 28.1. The summed E-state index contributed by atoms with van der Waals surface area (Å²) in [6, 6.07) is 9.39. The number of pyridine rings is 1. The fourth-order valence-electron chi connectivity index (χ4n) is 6.09. The standard InChI is InChI=1S/C30H38FI2N3O4/c31-27(6-2-1-5-24-10-8-20-4-3-13-36(33)29(20)34-24)21-11-14-35(17-21)28(30(37)38)26-16-23(32)9-7-22(26)18-40-25-12-15-39-19-25/h7-10,16,21,25,27-28H,1-6,11-15,17-19H2,(H,37,38)/t21?,25-,27?,28+/m1/s1. The molecule has 0 bridgehead atoms. The Kier molecular flexibility index (Phi) is 10.9. The molecular formula is C30H38FI2N3O4. The summed E-state index contributed by atoms with van der Waals surface area (Å²) in [6.45, 7) is 3.69. The van der Waals surface area contributed by atoms with Crippen molar-refractivity contribution in [2.24, 2.45) is 5.92 Å². The number of benzene rings is 1. The van der Waals surface area contributed by atoms with Crippen LogP contribution in [0.1, 0.15) is 67.0 Å². The largest absolute Gasteiger partial charge is 0.480 e. The number of likely N-dealkylation sites (tertiary alicyclic amines) is 1. The van der Waals surface area contributed by atoms with Crippen molar-refractivity contribution in [3.8, 4) is 0 Å². The van der Waals surface area contributed by atoms with E-state index in [2.05, 4.69) is 60.7 Å². The number of fused-ring (bicyclic) bond motifs is 1. The lowest BCUT2D eigenvalue weighted by atomic mass is 9.97. The minimum absolute atomic E-state index is 0.0443. The highest BCUT2D eigenvalue weighted by Crippen LogP contribution is 2.35. The first-order chi connectivity index (χ1) is 19.4. The zero-order valence-corrected chi connectivity index (χ0v) is 27.1. The van der Waals surface area contributed by atoms with Gasteiger partial charge in [0.1, 0.15) is 18.0 Å². The number of nitrogens with zero attached hydrogens (tertiary/aromatic N) is 3. The molecule has 0 amide bonds. The number of hydrogen-bond acceptors (Lipinski definition) is 6. The van der Waals surface area contributed by atoms with Crippen LogP contribution in [0.3, 0.4) is 0 Å². The number of rotatable bonds is 12. The van der Waals surface area contributed by atoms with E-state index in [0.29, 0.717) is 45.8 Å². The number of aromatic nitrogens is 1. The van der Waals surface area contributed by atoms with Crippen molar-refractivity contribution in [1.82, 2.24) is 9.88 Å². The summed E-state index contributed by atoms with van der Waals surface area (Å²) in [6.07, 6.45) is 5.96. The van der Waals surface area contributed by atoms with Crippen LogP contribution in [0.4, 0.5) is 10.2 Å². The molecule has 2 saturated heterocycles. The smallest absolute Gasteiger partial charge is 0.325 e. The number of aliphatic carboxylic acids is 1. The molecule has 4 atom stereocenters. The first kappa shape index (κ1) is 30.4. The summed E-state index contributed by atoms with van der Waals surface area (Å²) in [5.41, 5.74) is 4.01. The Morgan fingerprint density at radius 2 is 2.10 bits per heavy atom. The Hall–Kier alpha value is -1.09. The summed E-state index contributed by atoms with van der Waals surface area (Å²) >= 11 is 4.56. The summed E-state index contributed by atoms with van der Waals surface area (Å²) in [7, 11) is 0. The van der Waals surface area contributed by atoms with Gasteiger partial charge < -0.3 is 14.6 Å². The number of carboxylic acids is 1. The van der Waals surface area contributed by atoms with E-state index < -0.39 is 18.2 Å². The fraction of sp³-hybridized carbons (Fsp3) is 0.600. The van der Waals surface area contributed by atoms with E-state index in [1.54, 1.807) is 0 Å². The molecule has 2 unspecified atom stereocenters. The molecule has 3 aliphatic heterocycles. The van der Waals surface area contributed by atoms with Gasteiger partial charge in [0.2, 0.25) is 0 Å². The topological polar surface area (TPSA) is 75.1 Å². The SMILES string of the molecule is O=C(O)[C@H](c1cc(I)ccc1CO[C@@H]1CCOC1)N1CCC(C(F)CCCCc2ccc3c(n2)N(I)CCC3)C1. The summed E-state index contributed by atoms with van der Waals surface area (Å²) < 4.78 is 30.0. The first-order valence-electron chi connectivity index (χ1n) is 14.4. The van der Waals surface area contributed by atoms with Gasteiger partial charge in [-0.05, 0) is 109 Å². The second-order valence-electron chi connectivity index (χ2n) is 11.2. The number of alkyl halides is 1. The van der Waals surface area contributed by atoms with Crippen molar-refractivity contribution in [3.05, 3.63) is 56.3 Å². The Morgan fingerprint density at radius 1 is 1.23 bits per heavy atom. The Labute approximate surface area is 263 Å². The molecule has 218 valence electrons. The molecule has 2 aromatic rings. The maximum atomic E-state index is 15.4. The summed E-state index contributed by atoms with van der Waals surface area (Å²) in [4.78, 5) is 19.3. The molecule has 10 heteroatoms. The molecule has 7 nitrogen and oxygen atoms in total. The summed E-state index contributed by atoms with van der Waals surface area (Å²) in [5, 5.41) is 10.3. The monoisotopic (exact) mass is 777 g/mol. The van der Waals surface area contributed by atoms with Crippen molar-refractivity contribution in [1.29, 1.82) is 0 Å². The molecule has 1 N–H and O–H groups in total. The Morgan fingerprint density at radius 3 is 2.90 bits per heavy atom. The van der Waals surface area contributed by atoms with Gasteiger partial charge >= 0.3 is 5.97 Å². The van der Waals surface area contributed by atoms with Crippen LogP contribution in [-0.2, 0) is 33.7 Å². The third kappa shape index (κ3) is 7.64. The zero-order valence-electron chi connectivity index (χ0n) is 22.7. The molecular weight excluding hydrogens is 739 g/mol. The highest BCUT2D eigenvalue weighted by atomic mass is 127. The molecule has 3 aliphatic rings. The van der Waals surface area contributed by atoms with Crippen LogP contribution in [0.15, 0.2) is 30.3 Å². The second kappa shape index (κ2) is 14.4. The summed E-state index contributed by atoms with van der Waals surface area (Å²) in [5.74, 6) is 0.0441. The van der Waals surface area contributed by atoms with E-state index in [9.17, 15) is 9.90 Å². The number of unbranched alkanes of at least 4 members (excludes halogenated alkanes) is 1. The number of aryl methyl sites for hydroxylation is 2. The third-order valence-corrected chi connectivity index (χ3v) is 9.95. The highest BCUT2D eigenvalue weighted by molar-refractivity contribution is 14.1. The van der Waals surface area contributed by atoms with Crippen LogP contribution in [-0.4, -0.2) is 66.1 Å². The lowest BCUT2D eigenvalue weighted by Gasteiger charge is -2.27. The lowest BCUT2D eigenvalue weighted by Crippen LogP contribution is -2.34. The van der Waals surface area contributed by atoms with Gasteiger partial charge in [-0.2, -0.15) is 0 Å². The molecule has 2 fully saturated rings.